The third-order valence-corrected chi connectivity index (χ3v) is 5.78. The zero-order chi connectivity index (χ0) is 19.9. The Labute approximate surface area is 165 Å². The van der Waals surface area contributed by atoms with Crippen LogP contribution in [0, 0.1) is 16.7 Å². The molecule has 0 spiro atoms. The number of anilines is 1. The normalized spacial score (nSPS) is 22.2. The Hall–Kier alpha value is -2.87. The molecule has 28 heavy (non-hydrogen) atoms. The van der Waals surface area contributed by atoms with Crippen LogP contribution in [0.2, 0.25) is 0 Å². The van der Waals surface area contributed by atoms with E-state index in [0.29, 0.717) is 23.7 Å². The van der Waals surface area contributed by atoms with Crippen molar-refractivity contribution in [3.05, 3.63) is 58.4 Å². The van der Waals surface area contributed by atoms with E-state index < -0.39 is 0 Å². The number of allylic oxidation sites excluding steroid dienone is 2. The van der Waals surface area contributed by atoms with Gasteiger partial charge in [-0.15, -0.1) is 0 Å². The highest BCUT2D eigenvalue weighted by molar-refractivity contribution is 6.00. The number of hydrogen-bond donors (Lipinski definition) is 2. The van der Waals surface area contributed by atoms with Gasteiger partial charge in [-0.1, -0.05) is 39.0 Å². The van der Waals surface area contributed by atoms with Crippen LogP contribution in [0.4, 0.5) is 5.82 Å². The number of carbonyl (C=O) groups excluding carboxylic acids is 1. The molecule has 0 saturated heterocycles. The Morgan fingerprint density at radius 1 is 1.18 bits per heavy atom. The van der Waals surface area contributed by atoms with Crippen molar-refractivity contribution >= 4 is 11.6 Å². The van der Waals surface area contributed by atoms with Gasteiger partial charge in [-0.25, -0.2) is 0 Å². The molecule has 2 aromatic rings. The number of aromatic amines is 1. The molecule has 1 saturated carbocycles. The summed E-state index contributed by atoms with van der Waals surface area (Å²) in [4.78, 5) is 12.6. The molecule has 5 rings (SSSR count). The van der Waals surface area contributed by atoms with E-state index in [-0.39, 0.29) is 11.3 Å². The van der Waals surface area contributed by atoms with Crippen LogP contribution in [-0.2, 0) is 4.79 Å². The molecular formula is C23H26N4O. The first-order valence-corrected chi connectivity index (χ1v) is 9.96. The fraction of sp³-hybridized carbons (Fsp3) is 0.435. The number of fused-ring (bicyclic) bond motifs is 1. The number of ketones is 1. The monoisotopic (exact) mass is 374 g/mol. The number of hydrogen-bond acceptors (Lipinski definition) is 4. The number of H-pyrrole nitrogens is 1. The Kier molecular flexibility index (Phi) is 4.58. The minimum Gasteiger partial charge on any atom is -0.342 e. The predicted molar refractivity (Wildman–Crippen MR) is 109 cm³/mol. The lowest BCUT2D eigenvalue weighted by Gasteiger charge is -2.37. The Morgan fingerprint density at radius 3 is 2.50 bits per heavy atom. The highest BCUT2D eigenvalue weighted by Gasteiger charge is 2.42. The molecule has 2 N–H and O–H groups in total. The molecule has 5 nitrogen and oxygen atoms in total. The Balaban J connectivity index is 0.000000203. The molecule has 1 aromatic heterocycles. The van der Waals surface area contributed by atoms with Crippen LogP contribution in [0.25, 0.3) is 0 Å². The second kappa shape index (κ2) is 6.94. The van der Waals surface area contributed by atoms with E-state index in [0.717, 1.165) is 23.5 Å². The molecule has 1 aliphatic heterocycles. The van der Waals surface area contributed by atoms with Gasteiger partial charge >= 0.3 is 0 Å². The van der Waals surface area contributed by atoms with Crippen LogP contribution in [0.15, 0.2) is 41.6 Å². The lowest BCUT2D eigenvalue weighted by molar-refractivity contribution is -0.118. The maximum absolute atomic E-state index is 12.6. The van der Waals surface area contributed by atoms with Crippen LogP contribution < -0.4 is 5.32 Å². The number of nitriles is 1. The number of rotatable bonds is 1. The van der Waals surface area contributed by atoms with Gasteiger partial charge in [0.25, 0.3) is 0 Å². The van der Waals surface area contributed by atoms with Gasteiger partial charge in [0.1, 0.15) is 0 Å². The van der Waals surface area contributed by atoms with Crippen molar-refractivity contribution in [3.63, 3.8) is 0 Å². The second-order valence-corrected chi connectivity index (χ2v) is 8.83. The zero-order valence-corrected chi connectivity index (χ0v) is 16.7. The Morgan fingerprint density at radius 2 is 1.89 bits per heavy atom. The van der Waals surface area contributed by atoms with Crippen molar-refractivity contribution in [1.82, 2.24) is 10.2 Å². The van der Waals surface area contributed by atoms with Crippen LogP contribution in [0.1, 0.15) is 75.1 Å². The summed E-state index contributed by atoms with van der Waals surface area (Å²) in [5, 5.41) is 19.4. The molecule has 1 fully saturated rings. The van der Waals surface area contributed by atoms with E-state index in [9.17, 15) is 4.79 Å². The SMILES string of the molecule is CC1C2=C(CC(C)(C)CC2=O)Nc2n[nH]c(C3CC3)c21.N#Cc1ccccc1. The van der Waals surface area contributed by atoms with E-state index in [4.69, 9.17) is 5.26 Å². The van der Waals surface area contributed by atoms with Crippen molar-refractivity contribution in [1.29, 1.82) is 5.26 Å². The van der Waals surface area contributed by atoms with Gasteiger partial charge in [-0.3, -0.25) is 9.89 Å². The Bertz CT molecular complexity index is 974. The standard InChI is InChI=1S/C16H21N3O.C7H5N/c1-8-12-10(6-16(2,3)7-11(12)20)17-15-13(8)14(18-19-15)9-4-5-9;8-6-7-4-2-1-3-5-7/h8-9H,4-7H2,1-3H3,(H2,17,18,19);1-5H. The smallest absolute Gasteiger partial charge is 0.161 e. The third-order valence-electron chi connectivity index (χ3n) is 5.78. The topological polar surface area (TPSA) is 81.6 Å². The van der Waals surface area contributed by atoms with Crippen molar-refractivity contribution in [3.8, 4) is 6.07 Å². The molecule has 1 unspecified atom stereocenters. The second-order valence-electron chi connectivity index (χ2n) is 8.83. The molecule has 2 heterocycles. The van der Waals surface area contributed by atoms with Gasteiger partial charge in [0.2, 0.25) is 0 Å². The van der Waals surface area contributed by atoms with Gasteiger partial charge in [-0.2, -0.15) is 10.4 Å². The van der Waals surface area contributed by atoms with E-state index in [2.05, 4.69) is 36.3 Å². The fourth-order valence-electron chi connectivity index (χ4n) is 4.33. The summed E-state index contributed by atoms with van der Waals surface area (Å²) < 4.78 is 0. The molecule has 144 valence electrons. The first kappa shape index (κ1) is 18.5. The minimum absolute atomic E-state index is 0.0514. The maximum Gasteiger partial charge on any atom is 0.161 e. The molecular weight excluding hydrogens is 348 g/mol. The van der Waals surface area contributed by atoms with E-state index >= 15 is 0 Å². The van der Waals surface area contributed by atoms with Gasteiger partial charge in [0.15, 0.2) is 11.6 Å². The molecule has 3 aliphatic rings. The number of benzene rings is 1. The molecule has 0 amide bonds. The summed E-state index contributed by atoms with van der Waals surface area (Å²) in [7, 11) is 0. The first-order valence-electron chi connectivity index (χ1n) is 9.96. The van der Waals surface area contributed by atoms with E-state index in [1.807, 2.05) is 24.3 Å². The third kappa shape index (κ3) is 3.47. The molecule has 1 aromatic carbocycles. The summed E-state index contributed by atoms with van der Waals surface area (Å²) in [5.74, 6) is 2.07. The van der Waals surface area contributed by atoms with E-state index in [1.54, 1.807) is 12.1 Å². The van der Waals surface area contributed by atoms with Crippen molar-refractivity contribution in [2.24, 2.45) is 5.41 Å². The van der Waals surface area contributed by atoms with Crippen molar-refractivity contribution in [2.45, 2.75) is 58.3 Å². The van der Waals surface area contributed by atoms with Crippen LogP contribution in [-0.4, -0.2) is 16.0 Å². The number of aromatic nitrogens is 2. The van der Waals surface area contributed by atoms with Crippen LogP contribution in [0.5, 0.6) is 0 Å². The van der Waals surface area contributed by atoms with Gasteiger partial charge in [0.05, 0.1) is 11.6 Å². The summed E-state index contributed by atoms with van der Waals surface area (Å²) in [6.45, 7) is 6.49. The molecule has 0 radical (unpaired) electrons. The van der Waals surface area contributed by atoms with E-state index in [1.165, 1.54) is 24.1 Å². The predicted octanol–water partition coefficient (Wildman–Crippen LogP) is 5.02. The number of Topliss-reactive ketones (excluding diaryl/α,β-unsaturated/α-hetero) is 1. The molecule has 5 heteroatoms. The molecule has 1 atom stereocenters. The summed E-state index contributed by atoms with van der Waals surface area (Å²) >= 11 is 0. The number of nitrogens with zero attached hydrogens (tertiary/aromatic N) is 2. The quantitative estimate of drug-likeness (QED) is 0.734. The lowest BCUT2D eigenvalue weighted by atomic mass is 9.71. The molecule has 2 aliphatic carbocycles. The van der Waals surface area contributed by atoms with Gasteiger partial charge in [0, 0.05) is 40.8 Å². The molecule has 0 bridgehead atoms. The summed E-state index contributed by atoms with van der Waals surface area (Å²) in [6.07, 6.45) is 4.08. The number of nitrogens with one attached hydrogen (secondary N) is 2. The van der Waals surface area contributed by atoms with Gasteiger partial charge in [-0.05, 0) is 36.8 Å². The first-order chi connectivity index (χ1) is 13.4. The lowest BCUT2D eigenvalue weighted by Crippen LogP contribution is -2.32. The average molecular weight is 374 g/mol. The highest BCUT2D eigenvalue weighted by atomic mass is 16.1. The highest BCUT2D eigenvalue weighted by Crippen LogP contribution is 2.50. The average Bonchev–Trinajstić information content (AvgIpc) is 3.41. The van der Waals surface area contributed by atoms with Crippen molar-refractivity contribution in [2.75, 3.05) is 5.32 Å². The van der Waals surface area contributed by atoms with Crippen LogP contribution in [0.3, 0.4) is 0 Å². The van der Waals surface area contributed by atoms with Crippen LogP contribution >= 0.6 is 0 Å². The number of carbonyl (C=O) groups is 1. The summed E-state index contributed by atoms with van der Waals surface area (Å²) in [6, 6.07) is 11.2. The van der Waals surface area contributed by atoms with Crippen molar-refractivity contribution < 1.29 is 4.79 Å². The zero-order valence-electron chi connectivity index (χ0n) is 16.7. The summed E-state index contributed by atoms with van der Waals surface area (Å²) in [5.41, 5.74) is 5.35. The fourth-order valence-corrected chi connectivity index (χ4v) is 4.33. The maximum atomic E-state index is 12.6. The van der Waals surface area contributed by atoms with Gasteiger partial charge < -0.3 is 5.32 Å². The largest absolute Gasteiger partial charge is 0.342 e. The minimum atomic E-state index is 0.0514.